The van der Waals surface area contributed by atoms with Gasteiger partial charge in [0.2, 0.25) is 23.0 Å². The Morgan fingerprint density at radius 2 is 0.479 bits per heavy atom. The van der Waals surface area contributed by atoms with Crippen molar-refractivity contribution in [2.45, 2.75) is 0 Å². The molecule has 0 aliphatic rings. The van der Waals surface area contributed by atoms with Crippen LogP contribution in [0.15, 0.2) is 243 Å². The largest absolute Gasteiger partial charge is 0.504 e. The summed E-state index contributed by atoms with van der Waals surface area (Å²) in [6, 6.07) is 54.6. The van der Waals surface area contributed by atoms with E-state index < -0.39 is 16.5 Å². The monoisotopic (exact) mass is 2010 g/mol. The summed E-state index contributed by atoms with van der Waals surface area (Å²) in [7, 11) is 30.7. The first kappa shape index (κ1) is 111. The summed E-state index contributed by atoms with van der Waals surface area (Å²) < 4.78 is 120. The Labute approximate surface area is 850 Å². The second kappa shape index (κ2) is 56.3. The summed E-state index contributed by atoms with van der Waals surface area (Å²) in [5.74, 6) is 7.96. The fourth-order valence-electron chi connectivity index (χ4n) is 14.0. The molecule has 0 bridgehead atoms. The molecule has 0 fully saturated rings. The van der Waals surface area contributed by atoms with Crippen molar-refractivity contribution < 1.29 is 128 Å². The number of hydrogen-bond donors (Lipinski definition) is 5. The quantitative estimate of drug-likeness (QED) is 0.00778. The van der Waals surface area contributed by atoms with Crippen LogP contribution in [0.5, 0.6) is 121 Å². The number of halogens is 2. The van der Waals surface area contributed by atoms with Gasteiger partial charge in [0.1, 0.15) is 28.7 Å². The zero-order valence-electron chi connectivity index (χ0n) is 84.0. The molecule has 32 nitrogen and oxygen atoms in total. The molecule has 0 saturated carbocycles. The first-order chi connectivity index (χ1) is 70.6. The van der Waals surface area contributed by atoms with E-state index in [0.717, 1.165) is 50.6 Å². The third kappa shape index (κ3) is 30.4. The maximum atomic E-state index is 13.9. The molecule has 0 spiro atoms. The summed E-state index contributed by atoms with van der Waals surface area (Å²) >= 11 is 6.12. The van der Waals surface area contributed by atoms with Gasteiger partial charge >= 0.3 is 5.69 Å². The topological polar surface area (TPSA) is 364 Å². The lowest BCUT2D eigenvalue weighted by Crippen LogP contribution is -2.00. The van der Waals surface area contributed by atoms with Crippen LogP contribution in [0.4, 0.5) is 32.8 Å². The third-order valence-corrected chi connectivity index (χ3v) is 21.7. The predicted octanol–water partition coefficient (Wildman–Crippen LogP) is 23.2. The number of nitro groups is 1. The molecular formula is C112H113ClFN5O27. The van der Waals surface area contributed by atoms with E-state index in [1.807, 2.05) is 164 Å². The van der Waals surface area contributed by atoms with E-state index in [4.69, 9.17) is 106 Å². The molecule has 12 aromatic rings. The Kier molecular flexibility index (Phi) is 43.0. The van der Waals surface area contributed by atoms with Gasteiger partial charge in [-0.15, -0.1) is 0 Å². The Bertz CT molecular complexity index is 6280. The van der Waals surface area contributed by atoms with Crippen molar-refractivity contribution in [1.29, 1.82) is 0 Å². The molecule has 0 saturated heterocycles. The van der Waals surface area contributed by atoms with Crippen molar-refractivity contribution in [2.75, 3.05) is 163 Å². The Balaban J connectivity index is 0.000000217. The van der Waals surface area contributed by atoms with Gasteiger partial charge < -0.3 is 121 Å². The molecule has 0 atom stereocenters. The van der Waals surface area contributed by atoms with Crippen molar-refractivity contribution in [3.63, 3.8) is 0 Å². The third-order valence-electron chi connectivity index (χ3n) is 21.4. The first-order valence-corrected chi connectivity index (χ1v) is 44.4. The van der Waals surface area contributed by atoms with Crippen LogP contribution in [0.3, 0.4) is 0 Å². The number of anilines is 4. The van der Waals surface area contributed by atoms with Crippen molar-refractivity contribution >= 4 is 112 Å². The predicted molar refractivity (Wildman–Crippen MR) is 566 cm³/mol. The molecule has 0 amide bonds. The number of benzene rings is 12. The number of ether oxygens (including phenoxy) is 20. The van der Waals surface area contributed by atoms with Crippen LogP contribution in [-0.4, -0.2) is 175 Å². The van der Waals surface area contributed by atoms with Crippen LogP contribution in [-0.2, 0) is 0 Å². The number of nitrogens with zero attached hydrogens (tertiary/aromatic N) is 1. The molecule has 0 unspecified atom stereocenters. The lowest BCUT2D eigenvalue weighted by molar-refractivity contribution is -0.385. The number of nitro benzene ring substituents is 1. The van der Waals surface area contributed by atoms with Gasteiger partial charge in [0.15, 0.2) is 97.9 Å². The van der Waals surface area contributed by atoms with E-state index >= 15 is 0 Å². The minimum Gasteiger partial charge on any atom is -0.504 e. The van der Waals surface area contributed by atoms with Gasteiger partial charge in [-0.2, -0.15) is 0 Å². The number of carbonyl (C=O) groups excluding carboxylic acids is 4. The summed E-state index contributed by atoms with van der Waals surface area (Å²) in [6.45, 7) is 0. The zero-order chi connectivity index (χ0) is 106. The van der Waals surface area contributed by atoms with Crippen molar-refractivity contribution in [3.8, 4) is 121 Å². The fraction of sp³-hybridized carbons (Fsp3) is 0.179. The van der Waals surface area contributed by atoms with Crippen LogP contribution in [0.1, 0.15) is 85.9 Å². The van der Waals surface area contributed by atoms with Crippen LogP contribution < -0.4 is 116 Å². The van der Waals surface area contributed by atoms with Crippen molar-refractivity contribution in [1.82, 2.24) is 0 Å². The highest BCUT2D eigenvalue weighted by Crippen LogP contribution is 2.45. The minimum atomic E-state index is -0.599. The fourth-order valence-corrected chi connectivity index (χ4v) is 14.3. The number of methoxy groups -OCH3 is 20. The van der Waals surface area contributed by atoms with Gasteiger partial charge in [0.05, 0.1) is 175 Å². The number of aromatic hydroxyl groups is 1. The number of ketones is 4. The second-order valence-electron chi connectivity index (χ2n) is 30.1. The molecule has 12 rings (SSSR count). The first-order valence-electron chi connectivity index (χ1n) is 44.1. The van der Waals surface area contributed by atoms with E-state index in [-0.39, 0.29) is 51.4 Å². The van der Waals surface area contributed by atoms with E-state index in [1.165, 1.54) is 121 Å². The van der Waals surface area contributed by atoms with Crippen molar-refractivity contribution in [3.05, 3.63) is 331 Å². The van der Waals surface area contributed by atoms with E-state index in [9.17, 15) is 38.8 Å². The standard InChI is InChI=1S/C28H28ClNO6.C28H28FNO6.C28H28N2O8.C28H29NO7/c2*1-32-24-11-9-20(17-21(24)29)23(31)12-13-30-22-14-18(8-10-25(22)33-2)6-7-19-15-26(34-3)28(36-5)27(16-19)35-4;1-34-24-10-8-18(6-7-19-15-26(36-3)28(38-5)27(16-19)37-4)14-21(24)29-13-12-23(31)20-9-11-25(35-2)22(17-20)30(32)33;1-32-24-10-8-18(6-7-19-15-26(34-3)28(36-5)27(16-19)35-4)14-21(24)29-13-12-22(30)20-9-11-25(33-2)23(31)17-20/h2*6-17,30H,1-5H3;6-17,29H,1-5H3;6-17,29,31H,1-5H3/b4*7-6-,13-12-. The molecule has 0 heterocycles. The van der Waals surface area contributed by atoms with Crippen LogP contribution in [0, 0.1) is 15.9 Å². The van der Waals surface area contributed by atoms with Gasteiger partial charge in [-0.3, -0.25) is 29.3 Å². The van der Waals surface area contributed by atoms with Crippen molar-refractivity contribution in [2.24, 2.45) is 0 Å². The molecule has 12 aromatic carbocycles. The number of phenols is 1. The normalized spacial score (nSPS) is 10.9. The lowest BCUT2D eigenvalue weighted by Gasteiger charge is -2.13. The molecule has 5 N–H and O–H groups in total. The number of allylic oxidation sites excluding steroid dienone is 4. The smallest absolute Gasteiger partial charge is 0.311 e. The van der Waals surface area contributed by atoms with Crippen LogP contribution in [0.25, 0.3) is 48.6 Å². The minimum absolute atomic E-state index is 0.0785. The van der Waals surface area contributed by atoms with E-state index in [0.29, 0.717) is 142 Å². The Morgan fingerprint density at radius 1 is 0.260 bits per heavy atom. The molecule has 0 radical (unpaired) electrons. The molecule has 34 heteroatoms. The number of nitrogens with one attached hydrogen (secondary N) is 4. The molecular weight excluding hydrogens is 1900 g/mol. The summed E-state index contributed by atoms with van der Waals surface area (Å²) in [5.41, 5.74) is 10.5. The number of carbonyl (C=O) groups is 4. The Hall–Kier alpha value is -18.1. The van der Waals surface area contributed by atoms with E-state index in [2.05, 4.69) is 21.3 Å². The maximum absolute atomic E-state index is 13.9. The number of phenolic OH excluding ortho intramolecular Hbond substituents is 1. The summed E-state index contributed by atoms with van der Waals surface area (Å²) in [5, 5.41) is 33.8. The summed E-state index contributed by atoms with van der Waals surface area (Å²) in [6.07, 6.45) is 26.8. The molecule has 0 aromatic heterocycles. The lowest BCUT2D eigenvalue weighted by atomic mass is 10.1. The average Bonchev–Trinajstić information content (AvgIpc) is 0.831. The van der Waals surface area contributed by atoms with Crippen LogP contribution >= 0.6 is 11.6 Å². The highest BCUT2D eigenvalue weighted by atomic mass is 35.5. The highest BCUT2D eigenvalue weighted by Gasteiger charge is 2.22. The molecule has 0 aliphatic heterocycles. The zero-order valence-corrected chi connectivity index (χ0v) is 84.7. The van der Waals surface area contributed by atoms with E-state index in [1.54, 1.807) is 143 Å². The Morgan fingerprint density at radius 3 is 0.712 bits per heavy atom. The summed E-state index contributed by atoms with van der Waals surface area (Å²) in [4.78, 5) is 60.6. The SMILES string of the molecule is COc1ccc(/C=C\c2cc(OC)c(OC)c(OC)c2)cc1N/C=C\C(=O)c1ccc(OC)c([N+](=O)[O-])c1.COc1ccc(C(=O)/C=C\Nc2cc(/C=C\c3cc(OC)c(OC)c(OC)c3)ccc2OC)cc1Cl.COc1ccc(C(=O)/C=C\Nc2cc(/C=C\c3cc(OC)c(OC)c(OC)c3)ccc2OC)cc1F.COc1ccc(C(=O)/C=C\Nc2cc(/C=C\c3cc(OC)c(OC)c(OC)c3)ccc2OC)cc1O. The van der Waals surface area contributed by atoms with Gasteiger partial charge in [0, 0.05) is 77.4 Å². The maximum Gasteiger partial charge on any atom is 0.311 e. The average molecular weight is 2020 g/mol. The number of rotatable bonds is 45. The van der Waals surface area contributed by atoms with Gasteiger partial charge in [0.25, 0.3) is 0 Å². The van der Waals surface area contributed by atoms with Gasteiger partial charge in [-0.25, -0.2) is 4.39 Å². The number of hydrogen-bond acceptors (Lipinski definition) is 31. The second-order valence-corrected chi connectivity index (χ2v) is 30.5. The molecule has 762 valence electrons. The molecule has 0 aliphatic carbocycles. The van der Waals surface area contributed by atoms with Crippen LogP contribution in [0.2, 0.25) is 5.02 Å². The highest BCUT2D eigenvalue weighted by molar-refractivity contribution is 6.32. The van der Waals surface area contributed by atoms with Gasteiger partial charge in [-0.1, -0.05) is 84.5 Å². The molecule has 146 heavy (non-hydrogen) atoms. The van der Waals surface area contributed by atoms with Gasteiger partial charge in [-0.05, 0) is 208 Å².